The highest BCUT2D eigenvalue weighted by molar-refractivity contribution is 6.07. The van der Waals surface area contributed by atoms with E-state index in [4.69, 9.17) is 4.98 Å². The van der Waals surface area contributed by atoms with Crippen LogP contribution in [0.3, 0.4) is 0 Å². The van der Waals surface area contributed by atoms with E-state index >= 15 is 0 Å². The van der Waals surface area contributed by atoms with Crippen LogP contribution < -0.4 is 5.32 Å². The van der Waals surface area contributed by atoms with Crippen molar-refractivity contribution in [2.45, 2.75) is 32.6 Å². The lowest BCUT2D eigenvalue weighted by Gasteiger charge is -2.13. The minimum Gasteiger partial charge on any atom is -0.384 e. The fourth-order valence-corrected chi connectivity index (χ4v) is 2.80. The van der Waals surface area contributed by atoms with Crippen LogP contribution in [0.1, 0.15) is 32.6 Å². The molecule has 3 rings (SSSR count). The first-order valence-corrected chi connectivity index (χ1v) is 7.91. The highest BCUT2D eigenvalue weighted by atomic mass is 14.9. The molecule has 0 bridgehead atoms. The van der Waals surface area contributed by atoms with Crippen molar-refractivity contribution < 1.29 is 0 Å². The van der Waals surface area contributed by atoms with Crippen molar-refractivity contribution in [1.82, 2.24) is 4.98 Å². The van der Waals surface area contributed by atoms with Crippen LogP contribution in [-0.2, 0) is 0 Å². The van der Waals surface area contributed by atoms with Crippen molar-refractivity contribution in [2.75, 3.05) is 11.9 Å². The third kappa shape index (κ3) is 2.99. The van der Waals surface area contributed by atoms with Crippen molar-refractivity contribution in [1.29, 1.82) is 0 Å². The lowest BCUT2D eigenvalue weighted by atomic mass is 10.1. The smallest absolute Gasteiger partial charge is 0.0730 e. The summed E-state index contributed by atoms with van der Waals surface area (Å²) in [7, 11) is 0. The first-order chi connectivity index (χ1) is 10.4. The van der Waals surface area contributed by atoms with Crippen molar-refractivity contribution in [3.63, 3.8) is 0 Å². The molecule has 0 fully saturated rings. The molecule has 2 nitrogen and oxygen atoms in total. The van der Waals surface area contributed by atoms with E-state index in [2.05, 4.69) is 60.8 Å². The number of hydrogen-bond donors (Lipinski definition) is 1. The molecular weight excluding hydrogens is 256 g/mol. The highest BCUT2D eigenvalue weighted by Gasteiger charge is 2.07. The van der Waals surface area contributed by atoms with Gasteiger partial charge in [-0.15, -0.1) is 0 Å². The molecule has 1 heterocycles. The Morgan fingerprint density at radius 2 is 1.43 bits per heavy atom. The SMILES string of the molecule is CCCCCCNc1c2ccccc2nc2ccccc12. The van der Waals surface area contributed by atoms with E-state index in [1.807, 2.05) is 0 Å². The maximum Gasteiger partial charge on any atom is 0.0730 e. The second kappa shape index (κ2) is 6.57. The predicted molar refractivity (Wildman–Crippen MR) is 91.9 cm³/mol. The zero-order valence-corrected chi connectivity index (χ0v) is 12.6. The van der Waals surface area contributed by atoms with E-state index in [0.717, 1.165) is 17.6 Å². The van der Waals surface area contributed by atoms with E-state index < -0.39 is 0 Å². The monoisotopic (exact) mass is 278 g/mol. The number of rotatable bonds is 6. The fraction of sp³-hybridized carbons (Fsp3) is 0.316. The maximum absolute atomic E-state index is 4.76. The van der Waals surface area contributed by atoms with Gasteiger partial charge in [0.2, 0.25) is 0 Å². The summed E-state index contributed by atoms with van der Waals surface area (Å²) in [5.74, 6) is 0. The summed E-state index contributed by atoms with van der Waals surface area (Å²) >= 11 is 0. The Morgan fingerprint density at radius 1 is 0.810 bits per heavy atom. The molecule has 0 aliphatic carbocycles. The largest absolute Gasteiger partial charge is 0.384 e. The molecule has 3 aromatic rings. The number of benzene rings is 2. The number of hydrogen-bond acceptors (Lipinski definition) is 2. The van der Waals surface area contributed by atoms with Crippen LogP contribution in [0.5, 0.6) is 0 Å². The third-order valence-electron chi connectivity index (χ3n) is 3.92. The van der Waals surface area contributed by atoms with Gasteiger partial charge in [0.25, 0.3) is 0 Å². The molecule has 2 aromatic carbocycles. The molecule has 0 aliphatic rings. The molecule has 21 heavy (non-hydrogen) atoms. The van der Waals surface area contributed by atoms with Gasteiger partial charge in [0.1, 0.15) is 0 Å². The average Bonchev–Trinajstić information content (AvgIpc) is 2.53. The topological polar surface area (TPSA) is 24.9 Å². The molecule has 2 heteroatoms. The van der Waals surface area contributed by atoms with Crippen LogP contribution in [-0.4, -0.2) is 11.5 Å². The molecule has 108 valence electrons. The van der Waals surface area contributed by atoms with Gasteiger partial charge in [-0.05, 0) is 18.6 Å². The van der Waals surface area contributed by atoms with Gasteiger partial charge >= 0.3 is 0 Å². The van der Waals surface area contributed by atoms with Gasteiger partial charge in [0.15, 0.2) is 0 Å². The molecule has 1 aromatic heterocycles. The molecule has 0 atom stereocenters. The van der Waals surface area contributed by atoms with E-state index in [0.29, 0.717) is 0 Å². The van der Waals surface area contributed by atoms with Gasteiger partial charge in [0, 0.05) is 17.3 Å². The molecule has 0 saturated carbocycles. The molecule has 0 aliphatic heterocycles. The molecule has 0 spiro atoms. The lowest BCUT2D eigenvalue weighted by Crippen LogP contribution is -2.03. The van der Waals surface area contributed by atoms with Gasteiger partial charge in [-0.3, -0.25) is 0 Å². The zero-order valence-electron chi connectivity index (χ0n) is 12.6. The Bertz CT molecular complexity index is 680. The molecule has 0 amide bonds. The van der Waals surface area contributed by atoms with Crippen LogP contribution in [0.15, 0.2) is 48.5 Å². The highest BCUT2D eigenvalue weighted by Crippen LogP contribution is 2.30. The quantitative estimate of drug-likeness (QED) is 0.483. The third-order valence-corrected chi connectivity index (χ3v) is 3.92. The number of pyridine rings is 1. The van der Waals surface area contributed by atoms with Crippen LogP contribution in [0.4, 0.5) is 5.69 Å². The maximum atomic E-state index is 4.76. The van der Waals surface area contributed by atoms with Gasteiger partial charge in [-0.25, -0.2) is 4.98 Å². The number of para-hydroxylation sites is 2. The first kappa shape index (κ1) is 13.9. The van der Waals surface area contributed by atoms with Crippen LogP contribution in [0.25, 0.3) is 21.8 Å². The summed E-state index contributed by atoms with van der Waals surface area (Å²) in [5, 5.41) is 6.08. The van der Waals surface area contributed by atoms with Crippen molar-refractivity contribution in [3.05, 3.63) is 48.5 Å². The second-order valence-electron chi connectivity index (χ2n) is 5.51. The Morgan fingerprint density at radius 3 is 2.05 bits per heavy atom. The Hall–Kier alpha value is -2.09. The average molecular weight is 278 g/mol. The zero-order chi connectivity index (χ0) is 14.5. The molecule has 0 radical (unpaired) electrons. The number of nitrogens with one attached hydrogen (secondary N) is 1. The van der Waals surface area contributed by atoms with Crippen LogP contribution >= 0.6 is 0 Å². The standard InChI is InChI=1S/C19H22N2/c1-2-3-4-9-14-20-19-15-10-5-7-12-17(15)21-18-13-8-6-11-16(18)19/h5-8,10-13H,2-4,9,14H2,1H3,(H,20,21). The van der Waals surface area contributed by atoms with Crippen molar-refractivity contribution in [3.8, 4) is 0 Å². The second-order valence-corrected chi connectivity index (χ2v) is 5.51. The van der Waals surface area contributed by atoms with Gasteiger partial charge < -0.3 is 5.32 Å². The Kier molecular flexibility index (Phi) is 4.34. The number of anilines is 1. The molecule has 1 N–H and O–H groups in total. The number of fused-ring (bicyclic) bond motifs is 2. The van der Waals surface area contributed by atoms with E-state index in [-0.39, 0.29) is 0 Å². The minimum absolute atomic E-state index is 1.03. The summed E-state index contributed by atoms with van der Waals surface area (Å²) in [4.78, 5) is 4.76. The van der Waals surface area contributed by atoms with Crippen molar-refractivity contribution >= 4 is 27.5 Å². The number of aromatic nitrogens is 1. The first-order valence-electron chi connectivity index (χ1n) is 7.91. The predicted octanol–water partition coefficient (Wildman–Crippen LogP) is 5.38. The van der Waals surface area contributed by atoms with E-state index in [1.54, 1.807) is 0 Å². The summed E-state index contributed by atoms with van der Waals surface area (Å²) in [6.07, 6.45) is 5.11. The van der Waals surface area contributed by atoms with Crippen LogP contribution in [0.2, 0.25) is 0 Å². The number of unbranched alkanes of at least 4 members (excludes halogenated alkanes) is 3. The minimum atomic E-state index is 1.03. The van der Waals surface area contributed by atoms with Gasteiger partial charge in [-0.2, -0.15) is 0 Å². The Balaban J connectivity index is 1.96. The lowest BCUT2D eigenvalue weighted by molar-refractivity contribution is 0.685. The van der Waals surface area contributed by atoms with Crippen LogP contribution in [0, 0.1) is 0 Å². The van der Waals surface area contributed by atoms with E-state index in [9.17, 15) is 0 Å². The normalized spacial score (nSPS) is 11.1. The molecule has 0 saturated heterocycles. The Labute approximate surface area is 126 Å². The summed E-state index contributed by atoms with van der Waals surface area (Å²) in [6.45, 7) is 3.27. The fourth-order valence-electron chi connectivity index (χ4n) is 2.80. The molecule has 0 unspecified atom stereocenters. The molecular formula is C19H22N2. The van der Waals surface area contributed by atoms with E-state index in [1.165, 1.54) is 42.1 Å². The van der Waals surface area contributed by atoms with Crippen molar-refractivity contribution in [2.24, 2.45) is 0 Å². The summed E-state index contributed by atoms with van der Waals surface area (Å²) < 4.78 is 0. The summed E-state index contributed by atoms with van der Waals surface area (Å²) in [6, 6.07) is 16.8. The van der Waals surface area contributed by atoms with Gasteiger partial charge in [0.05, 0.1) is 16.7 Å². The van der Waals surface area contributed by atoms with Gasteiger partial charge in [-0.1, -0.05) is 62.6 Å². The number of nitrogens with zero attached hydrogens (tertiary/aromatic N) is 1. The summed E-state index contributed by atoms with van der Waals surface area (Å²) in [5.41, 5.74) is 3.35.